The number of likely N-dealkylation sites (tertiary alicyclic amines) is 1. The molecular formula is C34H65N5O6. The maximum Gasteiger partial charge on any atom is 0.245 e. The zero-order valence-corrected chi connectivity index (χ0v) is 30.7. The summed E-state index contributed by atoms with van der Waals surface area (Å²) >= 11 is 0. The van der Waals surface area contributed by atoms with E-state index in [4.69, 9.17) is 9.47 Å². The van der Waals surface area contributed by atoms with E-state index in [1.807, 2.05) is 72.4 Å². The van der Waals surface area contributed by atoms with E-state index in [2.05, 4.69) is 24.5 Å². The minimum Gasteiger partial charge on any atom is -0.379 e. The Bertz CT molecular complexity index is 949. The largest absolute Gasteiger partial charge is 0.379 e. The number of ether oxygens (including phenoxy) is 2. The van der Waals surface area contributed by atoms with Crippen LogP contribution in [0, 0.1) is 23.7 Å². The molecule has 1 fully saturated rings. The Balaban J connectivity index is 3.26. The van der Waals surface area contributed by atoms with Gasteiger partial charge in [-0.3, -0.25) is 24.1 Å². The SMILES string of the molecule is CC[C@H](C)[C@@H]([C@@H](CC(=O)N1CCC[C@H]1[C@H](OC)[C@@H](C)C(=O)NC(C)C)OC)N(C)C(=O)[C@@H](NC(=O)[C@H](C(C)C)N(C)C)C(C)C. The Hall–Kier alpha value is -2.24. The first-order valence-electron chi connectivity index (χ1n) is 16.8. The van der Waals surface area contributed by atoms with Crippen LogP contribution in [0.3, 0.4) is 0 Å². The van der Waals surface area contributed by atoms with Gasteiger partial charge in [0, 0.05) is 33.9 Å². The maximum absolute atomic E-state index is 14.1. The molecule has 1 aliphatic heterocycles. The fraction of sp³-hybridized carbons (Fsp3) is 0.882. The number of nitrogens with one attached hydrogen (secondary N) is 2. The molecule has 0 saturated carbocycles. The Morgan fingerprint density at radius 1 is 0.867 bits per heavy atom. The van der Waals surface area contributed by atoms with E-state index in [0.717, 1.165) is 19.3 Å². The highest BCUT2D eigenvalue weighted by molar-refractivity contribution is 5.90. The van der Waals surface area contributed by atoms with E-state index in [9.17, 15) is 19.2 Å². The molecule has 0 spiro atoms. The third kappa shape index (κ3) is 10.9. The van der Waals surface area contributed by atoms with E-state index in [1.54, 1.807) is 26.2 Å². The number of likely N-dealkylation sites (N-methyl/N-ethyl adjacent to an activating group) is 2. The van der Waals surface area contributed by atoms with Gasteiger partial charge in [0.05, 0.1) is 42.7 Å². The molecule has 11 heteroatoms. The van der Waals surface area contributed by atoms with Gasteiger partial charge in [0.2, 0.25) is 23.6 Å². The van der Waals surface area contributed by atoms with Gasteiger partial charge >= 0.3 is 0 Å². The molecule has 1 aliphatic rings. The van der Waals surface area contributed by atoms with Crippen LogP contribution >= 0.6 is 0 Å². The van der Waals surface area contributed by atoms with Crippen molar-refractivity contribution in [3.8, 4) is 0 Å². The minimum atomic E-state index is -0.729. The van der Waals surface area contributed by atoms with E-state index in [-0.39, 0.29) is 65.9 Å². The van der Waals surface area contributed by atoms with Crippen molar-refractivity contribution in [2.24, 2.45) is 23.7 Å². The maximum atomic E-state index is 14.1. The molecule has 8 atom stereocenters. The quantitative estimate of drug-likeness (QED) is 0.236. The van der Waals surface area contributed by atoms with Crippen molar-refractivity contribution < 1.29 is 28.7 Å². The Labute approximate surface area is 273 Å². The van der Waals surface area contributed by atoms with Gasteiger partial charge in [-0.25, -0.2) is 0 Å². The van der Waals surface area contributed by atoms with Crippen LogP contribution in [0.1, 0.15) is 88.0 Å². The zero-order chi connectivity index (χ0) is 34.8. The molecule has 1 saturated heterocycles. The third-order valence-electron chi connectivity index (χ3n) is 9.38. The fourth-order valence-electron chi connectivity index (χ4n) is 6.83. The van der Waals surface area contributed by atoms with Crippen molar-refractivity contribution >= 4 is 23.6 Å². The van der Waals surface area contributed by atoms with Crippen molar-refractivity contribution in [2.75, 3.05) is 41.9 Å². The van der Waals surface area contributed by atoms with Gasteiger partial charge in [-0.05, 0) is 58.5 Å². The number of methoxy groups -OCH3 is 2. The molecule has 0 unspecified atom stereocenters. The van der Waals surface area contributed by atoms with Crippen LogP contribution in [0.5, 0.6) is 0 Å². The first kappa shape index (κ1) is 40.8. The predicted octanol–water partition coefficient (Wildman–Crippen LogP) is 3.16. The topological polar surface area (TPSA) is 121 Å². The molecule has 1 rings (SSSR count). The summed E-state index contributed by atoms with van der Waals surface area (Å²) < 4.78 is 11.8. The summed E-state index contributed by atoms with van der Waals surface area (Å²) in [4.78, 5) is 59.6. The van der Waals surface area contributed by atoms with Gasteiger partial charge in [0.15, 0.2) is 0 Å². The number of carbonyl (C=O) groups is 4. The van der Waals surface area contributed by atoms with Crippen LogP contribution in [0.15, 0.2) is 0 Å². The Morgan fingerprint density at radius 2 is 1.47 bits per heavy atom. The second-order valence-corrected chi connectivity index (χ2v) is 14.1. The van der Waals surface area contributed by atoms with Gasteiger partial charge in [0.25, 0.3) is 0 Å². The van der Waals surface area contributed by atoms with Crippen molar-refractivity contribution in [3.63, 3.8) is 0 Å². The molecule has 0 aromatic carbocycles. The van der Waals surface area contributed by atoms with Crippen LogP contribution in [0.4, 0.5) is 0 Å². The Morgan fingerprint density at radius 3 is 1.91 bits per heavy atom. The van der Waals surface area contributed by atoms with Crippen molar-refractivity contribution in [1.82, 2.24) is 25.3 Å². The minimum absolute atomic E-state index is 0.00616. The summed E-state index contributed by atoms with van der Waals surface area (Å²) in [5.41, 5.74) is 0. The average Bonchev–Trinajstić information content (AvgIpc) is 3.43. The molecular weight excluding hydrogens is 574 g/mol. The number of hydrogen-bond donors (Lipinski definition) is 2. The highest BCUT2D eigenvalue weighted by Gasteiger charge is 2.43. The van der Waals surface area contributed by atoms with Gasteiger partial charge < -0.3 is 29.9 Å². The summed E-state index contributed by atoms with van der Waals surface area (Å²) in [6.45, 7) is 18.2. The average molecular weight is 640 g/mol. The summed E-state index contributed by atoms with van der Waals surface area (Å²) in [6, 6.07) is -1.73. The molecule has 2 N–H and O–H groups in total. The number of hydrogen-bond acceptors (Lipinski definition) is 7. The molecule has 0 aromatic rings. The summed E-state index contributed by atoms with van der Waals surface area (Å²) in [5, 5.41) is 6.00. The second kappa shape index (κ2) is 18.8. The van der Waals surface area contributed by atoms with Gasteiger partial charge in [0.1, 0.15) is 6.04 Å². The van der Waals surface area contributed by atoms with Gasteiger partial charge in [-0.2, -0.15) is 0 Å². The van der Waals surface area contributed by atoms with E-state index < -0.39 is 30.2 Å². The van der Waals surface area contributed by atoms with Crippen molar-refractivity contribution in [1.29, 1.82) is 0 Å². The van der Waals surface area contributed by atoms with Crippen molar-refractivity contribution in [3.05, 3.63) is 0 Å². The summed E-state index contributed by atoms with van der Waals surface area (Å²) in [5.74, 6) is -1.07. The van der Waals surface area contributed by atoms with Crippen molar-refractivity contribution in [2.45, 2.75) is 130 Å². The second-order valence-electron chi connectivity index (χ2n) is 14.1. The number of amides is 4. The lowest BCUT2D eigenvalue weighted by Crippen LogP contribution is -2.59. The van der Waals surface area contributed by atoms with Crippen LogP contribution in [-0.2, 0) is 28.7 Å². The van der Waals surface area contributed by atoms with Gasteiger partial charge in [-0.1, -0.05) is 54.9 Å². The van der Waals surface area contributed by atoms with E-state index in [0.29, 0.717) is 6.54 Å². The molecule has 0 aliphatic carbocycles. The molecule has 0 bridgehead atoms. The monoisotopic (exact) mass is 639 g/mol. The normalized spacial score (nSPS) is 20.1. The first-order valence-corrected chi connectivity index (χ1v) is 16.8. The zero-order valence-electron chi connectivity index (χ0n) is 30.7. The lowest BCUT2D eigenvalue weighted by Gasteiger charge is -2.41. The molecule has 262 valence electrons. The number of rotatable bonds is 18. The highest BCUT2D eigenvalue weighted by Crippen LogP contribution is 2.29. The summed E-state index contributed by atoms with van der Waals surface area (Å²) in [7, 11) is 8.65. The van der Waals surface area contributed by atoms with Crippen LogP contribution < -0.4 is 10.6 Å². The van der Waals surface area contributed by atoms with Crippen LogP contribution in [0.2, 0.25) is 0 Å². The first-order chi connectivity index (χ1) is 20.9. The van der Waals surface area contributed by atoms with Crippen LogP contribution in [-0.4, -0.2) is 123 Å². The van der Waals surface area contributed by atoms with E-state index >= 15 is 0 Å². The fourth-order valence-corrected chi connectivity index (χ4v) is 6.83. The number of carbonyl (C=O) groups excluding carboxylic acids is 4. The van der Waals surface area contributed by atoms with E-state index in [1.165, 1.54) is 0 Å². The standard InChI is InChI=1S/C34H65N5O6/c1-15-23(8)30(38(12)34(43)28(20(2)3)36-33(42)29(21(4)5)37(10)11)26(44-13)19-27(40)39-18-16-17-25(39)31(45-14)24(9)32(41)35-22(6)7/h20-26,28-31H,15-19H2,1-14H3,(H,35,41)(H,36,42)/t23-,24+,25-,26+,28-,29-,30-,31+/m0/s1. The summed E-state index contributed by atoms with van der Waals surface area (Å²) in [6.07, 6.45) is 1.40. The molecule has 1 heterocycles. The van der Waals surface area contributed by atoms with Gasteiger partial charge in [-0.15, -0.1) is 0 Å². The lowest BCUT2D eigenvalue weighted by molar-refractivity contribution is -0.148. The Kier molecular flexibility index (Phi) is 17.0. The molecule has 11 nitrogen and oxygen atoms in total. The lowest BCUT2D eigenvalue weighted by atomic mass is 9.89. The molecule has 45 heavy (non-hydrogen) atoms. The highest BCUT2D eigenvalue weighted by atomic mass is 16.5. The molecule has 0 aromatic heterocycles. The molecule has 4 amide bonds. The molecule has 0 radical (unpaired) electrons. The third-order valence-corrected chi connectivity index (χ3v) is 9.38. The van der Waals surface area contributed by atoms with Crippen LogP contribution in [0.25, 0.3) is 0 Å². The smallest absolute Gasteiger partial charge is 0.245 e. The number of nitrogens with zero attached hydrogens (tertiary/aromatic N) is 3. The predicted molar refractivity (Wildman–Crippen MR) is 178 cm³/mol.